The molecule has 31 heavy (non-hydrogen) atoms. The molecule has 0 bridgehead atoms. The summed E-state index contributed by atoms with van der Waals surface area (Å²) in [6.07, 6.45) is 7.89. The molecule has 0 aromatic heterocycles. The smallest absolute Gasteiger partial charge is 0.249 e. The molecule has 0 saturated carbocycles. The van der Waals surface area contributed by atoms with Crippen molar-refractivity contribution in [3.05, 3.63) is 76.3 Å². The van der Waals surface area contributed by atoms with Crippen molar-refractivity contribution < 1.29 is 9.59 Å². The molecule has 6 heteroatoms. The van der Waals surface area contributed by atoms with E-state index in [1.807, 2.05) is 36.4 Å². The first-order chi connectivity index (χ1) is 15.1. The Morgan fingerprint density at radius 2 is 1.97 bits per heavy atom. The number of carbonyl (C=O) groups excluding carboxylic acids is 2. The SMILES string of the molecule is O=C(CN1C(=O)CN=C(c2ccccc2)c2cc(Cl)ccc21)NCCC1=CCCCC1. The number of nitrogens with one attached hydrogen (secondary N) is 1. The second-order valence-electron chi connectivity index (χ2n) is 7.88. The van der Waals surface area contributed by atoms with Crippen LogP contribution in [-0.2, 0) is 9.59 Å². The Labute approximate surface area is 187 Å². The van der Waals surface area contributed by atoms with Crippen LogP contribution in [0.3, 0.4) is 0 Å². The van der Waals surface area contributed by atoms with Gasteiger partial charge in [-0.1, -0.05) is 53.6 Å². The number of hydrogen-bond acceptors (Lipinski definition) is 3. The molecule has 0 fully saturated rings. The third kappa shape index (κ3) is 5.23. The lowest BCUT2D eigenvalue weighted by atomic mass is 9.97. The summed E-state index contributed by atoms with van der Waals surface area (Å²) in [7, 11) is 0. The van der Waals surface area contributed by atoms with E-state index >= 15 is 0 Å². The lowest BCUT2D eigenvalue weighted by Crippen LogP contribution is -2.42. The molecule has 0 spiro atoms. The third-order valence-electron chi connectivity index (χ3n) is 5.68. The largest absolute Gasteiger partial charge is 0.354 e. The Kier molecular flexibility index (Phi) is 6.82. The van der Waals surface area contributed by atoms with Gasteiger partial charge in [-0.05, 0) is 50.3 Å². The molecule has 0 atom stereocenters. The fourth-order valence-electron chi connectivity index (χ4n) is 4.09. The molecule has 4 rings (SSSR count). The van der Waals surface area contributed by atoms with Crippen LogP contribution < -0.4 is 10.2 Å². The summed E-state index contributed by atoms with van der Waals surface area (Å²) in [5.41, 5.74) is 4.44. The van der Waals surface area contributed by atoms with Gasteiger partial charge in [0.25, 0.3) is 0 Å². The zero-order chi connectivity index (χ0) is 21.6. The van der Waals surface area contributed by atoms with Gasteiger partial charge in [-0.15, -0.1) is 0 Å². The summed E-state index contributed by atoms with van der Waals surface area (Å²) in [6, 6.07) is 15.0. The number of benzene rings is 2. The van der Waals surface area contributed by atoms with Gasteiger partial charge in [0.2, 0.25) is 11.8 Å². The Bertz CT molecular complexity index is 1030. The van der Waals surface area contributed by atoms with Gasteiger partial charge in [0, 0.05) is 22.7 Å². The minimum atomic E-state index is -0.209. The summed E-state index contributed by atoms with van der Waals surface area (Å²) >= 11 is 6.27. The summed E-state index contributed by atoms with van der Waals surface area (Å²) in [6.45, 7) is 0.534. The maximum absolute atomic E-state index is 12.9. The number of rotatable bonds is 6. The summed E-state index contributed by atoms with van der Waals surface area (Å²) < 4.78 is 0. The number of benzodiazepines with no additional fused rings is 1. The van der Waals surface area contributed by atoms with Gasteiger partial charge in [0.1, 0.15) is 13.1 Å². The van der Waals surface area contributed by atoms with Gasteiger partial charge in [-0.25, -0.2) is 0 Å². The van der Waals surface area contributed by atoms with E-state index in [1.54, 1.807) is 12.1 Å². The number of allylic oxidation sites excluding steroid dienone is 1. The summed E-state index contributed by atoms with van der Waals surface area (Å²) in [5.74, 6) is -0.381. The van der Waals surface area contributed by atoms with Gasteiger partial charge in [0.15, 0.2) is 0 Å². The number of amides is 2. The van der Waals surface area contributed by atoms with Gasteiger partial charge in [-0.3, -0.25) is 14.6 Å². The predicted octanol–water partition coefficient (Wildman–Crippen LogP) is 4.53. The van der Waals surface area contributed by atoms with E-state index in [-0.39, 0.29) is 24.9 Å². The van der Waals surface area contributed by atoms with Gasteiger partial charge < -0.3 is 10.2 Å². The number of anilines is 1. The molecule has 2 aliphatic rings. The highest BCUT2D eigenvalue weighted by atomic mass is 35.5. The van der Waals surface area contributed by atoms with Crippen molar-refractivity contribution in [2.75, 3.05) is 24.5 Å². The Balaban J connectivity index is 1.52. The van der Waals surface area contributed by atoms with E-state index < -0.39 is 0 Å². The molecule has 2 aromatic rings. The standard InChI is InChI=1S/C25H26ClN3O2/c26-20-11-12-22-21(15-20)25(19-9-5-2-6-10-19)28-16-24(31)29(22)17-23(30)27-14-13-18-7-3-1-4-8-18/h2,5-7,9-12,15H,1,3-4,8,13-14,16-17H2,(H,27,30). The van der Waals surface area contributed by atoms with Crippen molar-refractivity contribution in [2.24, 2.45) is 4.99 Å². The highest BCUT2D eigenvalue weighted by molar-refractivity contribution is 6.32. The molecule has 0 saturated heterocycles. The number of nitrogens with zero attached hydrogens (tertiary/aromatic N) is 2. The molecule has 2 amide bonds. The Morgan fingerprint density at radius 3 is 2.74 bits per heavy atom. The quantitative estimate of drug-likeness (QED) is 0.677. The van der Waals surface area contributed by atoms with Crippen molar-refractivity contribution in [3.63, 3.8) is 0 Å². The topological polar surface area (TPSA) is 61.8 Å². The number of hydrogen-bond donors (Lipinski definition) is 1. The van der Waals surface area contributed by atoms with E-state index in [4.69, 9.17) is 11.6 Å². The van der Waals surface area contributed by atoms with E-state index in [1.165, 1.54) is 23.3 Å². The van der Waals surface area contributed by atoms with Crippen molar-refractivity contribution in [2.45, 2.75) is 32.1 Å². The first-order valence-corrected chi connectivity index (χ1v) is 11.1. The van der Waals surface area contributed by atoms with Crippen molar-refractivity contribution in [1.29, 1.82) is 0 Å². The molecular formula is C25H26ClN3O2. The predicted molar refractivity (Wildman–Crippen MR) is 125 cm³/mol. The second kappa shape index (κ2) is 9.92. The zero-order valence-corrected chi connectivity index (χ0v) is 18.2. The molecule has 0 unspecified atom stereocenters. The number of fused-ring (bicyclic) bond motifs is 1. The fourth-order valence-corrected chi connectivity index (χ4v) is 4.27. The molecule has 1 heterocycles. The van der Waals surface area contributed by atoms with Crippen LogP contribution in [-0.4, -0.2) is 37.2 Å². The molecule has 1 aliphatic heterocycles. The molecule has 1 N–H and O–H groups in total. The monoisotopic (exact) mass is 435 g/mol. The third-order valence-corrected chi connectivity index (χ3v) is 5.92. The normalized spacial score (nSPS) is 16.2. The lowest BCUT2D eigenvalue weighted by Gasteiger charge is -2.23. The Morgan fingerprint density at radius 1 is 1.13 bits per heavy atom. The van der Waals surface area contributed by atoms with Crippen molar-refractivity contribution >= 4 is 34.8 Å². The first-order valence-electron chi connectivity index (χ1n) is 10.8. The summed E-state index contributed by atoms with van der Waals surface area (Å²) in [4.78, 5) is 31.6. The highest BCUT2D eigenvalue weighted by Crippen LogP contribution is 2.29. The van der Waals surface area contributed by atoms with Crippen LogP contribution in [0.5, 0.6) is 0 Å². The minimum Gasteiger partial charge on any atom is -0.354 e. The van der Waals surface area contributed by atoms with Crippen molar-refractivity contribution in [3.8, 4) is 0 Å². The van der Waals surface area contributed by atoms with Crippen LogP contribution in [0.15, 0.2) is 65.2 Å². The first kappa shape index (κ1) is 21.3. The Hall–Kier alpha value is -2.92. The minimum absolute atomic E-state index is 0.0172. The maximum Gasteiger partial charge on any atom is 0.249 e. The molecule has 2 aromatic carbocycles. The van der Waals surface area contributed by atoms with Gasteiger partial charge in [-0.2, -0.15) is 0 Å². The molecule has 1 aliphatic carbocycles. The van der Waals surface area contributed by atoms with Gasteiger partial charge >= 0.3 is 0 Å². The zero-order valence-electron chi connectivity index (χ0n) is 17.4. The number of halogens is 1. The maximum atomic E-state index is 12.9. The molecule has 5 nitrogen and oxygen atoms in total. The molecular weight excluding hydrogens is 410 g/mol. The van der Waals surface area contributed by atoms with Crippen LogP contribution in [0.2, 0.25) is 5.02 Å². The molecule has 0 radical (unpaired) electrons. The van der Waals surface area contributed by atoms with E-state index in [0.29, 0.717) is 23.0 Å². The fraction of sp³-hybridized carbons (Fsp3) is 0.320. The second-order valence-corrected chi connectivity index (χ2v) is 8.32. The summed E-state index contributed by atoms with van der Waals surface area (Å²) in [5, 5.41) is 3.52. The van der Waals surface area contributed by atoms with Crippen LogP contribution in [0.1, 0.15) is 43.2 Å². The highest BCUT2D eigenvalue weighted by Gasteiger charge is 2.27. The lowest BCUT2D eigenvalue weighted by molar-refractivity contribution is -0.123. The average molecular weight is 436 g/mol. The van der Waals surface area contributed by atoms with Gasteiger partial charge in [0.05, 0.1) is 11.4 Å². The van der Waals surface area contributed by atoms with E-state index in [9.17, 15) is 9.59 Å². The van der Waals surface area contributed by atoms with Crippen LogP contribution in [0, 0.1) is 0 Å². The van der Waals surface area contributed by atoms with E-state index in [0.717, 1.165) is 30.4 Å². The number of aliphatic imine (C=N–C) groups is 1. The number of carbonyl (C=O) groups is 2. The van der Waals surface area contributed by atoms with Crippen LogP contribution >= 0.6 is 11.6 Å². The molecule has 160 valence electrons. The van der Waals surface area contributed by atoms with Crippen LogP contribution in [0.4, 0.5) is 5.69 Å². The van der Waals surface area contributed by atoms with Crippen molar-refractivity contribution in [1.82, 2.24) is 5.32 Å². The average Bonchev–Trinajstić information content (AvgIpc) is 2.92. The van der Waals surface area contributed by atoms with E-state index in [2.05, 4.69) is 16.4 Å². The van der Waals surface area contributed by atoms with Crippen LogP contribution in [0.25, 0.3) is 0 Å².